The van der Waals surface area contributed by atoms with Crippen LogP contribution in [0.2, 0.25) is 0 Å². The number of fused-ring (bicyclic) bond motifs is 1. The molecule has 2 aromatic rings. The molecule has 0 fully saturated rings. The number of aromatic amines is 1. The average Bonchev–Trinajstić information content (AvgIpc) is 2.90. The second kappa shape index (κ2) is 4.76. The van der Waals surface area contributed by atoms with E-state index in [1.165, 1.54) is 22.7 Å². The summed E-state index contributed by atoms with van der Waals surface area (Å²) in [6.45, 7) is 0.499. The molecule has 3 heterocycles. The summed E-state index contributed by atoms with van der Waals surface area (Å²) in [5.74, 6) is 0.136. The summed E-state index contributed by atoms with van der Waals surface area (Å²) in [7, 11) is -3.69. The number of rotatable bonds is 3. The van der Waals surface area contributed by atoms with Gasteiger partial charge in [-0.1, -0.05) is 11.2 Å². The summed E-state index contributed by atoms with van der Waals surface area (Å²) >= 11 is 0. The summed E-state index contributed by atoms with van der Waals surface area (Å²) in [5.41, 5.74) is 1.40. The lowest BCUT2D eigenvalue weighted by Gasteiger charge is -2.27. The molecule has 0 amide bonds. The van der Waals surface area contributed by atoms with Crippen LogP contribution in [-0.4, -0.2) is 29.4 Å². The Bertz CT molecular complexity index is 766. The maximum Gasteiger partial charge on any atom is 0.303 e. The molecular formula is C11H12N4O4S. The molecule has 8 nitrogen and oxygen atoms in total. The molecular weight excluding hydrogens is 284 g/mol. The van der Waals surface area contributed by atoms with Crippen LogP contribution in [-0.2, 0) is 23.2 Å². The molecule has 3 rings (SSSR count). The average molecular weight is 296 g/mol. The van der Waals surface area contributed by atoms with Crippen LogP contribution >= 0.6 is 0 Å². The van der Waals surface area contributed by atoms with Gasteiger partial charge in [0.2, 0.25) is 5.56 Å². The number of H-pyrrole nitrogens is 1. The summed E-state index contributed by atoms with van der Waals surface area (Å²) in [4.78, 5) is 13.9. The van der Waals surface area contributed by atoms with Gasteiger partial charge in [0, 0.05) is 37.3 Å². The number of pyridine rings is 1. The fourth-order valence-corrected chi connectivity index (χ4v) is 3.23. The van der Waals surface area contributed by atoms with E-state index in [1.807, 2.05) is 0 Å². The van der Waals surface area contributed by atoms with Crippen molar-refractivity contribution in [3.63, 3.8) is 0 Å². The summed E-state index contributed by atoms with van der Waals surface area (Å²) in [5, 5.41) is 3.51. The van der Waals surface area contributed by atoms with Crippen LogP contribution in [0.25, 0.3) is 0 Å². The molecule has 1 aliphatic heterocycles. The Labute approximate surface area is 114 Å². The highest BCUT2D eigenvalue weighted by Crippen LogP contribution is 2.19. The van der Waals surface area contributed by atoms with E-state index in [2.05, 4.69) is 19.4 Å². The van der Waals surface area contributed by atoms with Crippen molar-refractivity contribution in [2.24, 2.45) is 0 Å². The Kier molecular flexibility index (Phi) is 3.07. The predicted octanol–water partition coefficient (Wildman–Crippen LogP) is 0.0779. The molecule has 0 bridgehead atoms. The van der Waals surface area contributed by atoms with Crippen LogP contribution in [0.4, 0.5) is 5.82 Å². The standard InChI is InChI=1S/C11H12N4O4S/c16-11-2-1-8-7-15(5-3-9(8)12-11)20(17,18)14-10-4-6-19-13-10/h1-2,4,6H,3,5,7H2,(H,12,16)(H,13,14). The highest BCUT2D eigenvalue weighted by Gasteiger charge is 2.27. The van der Waals surface area contributed by atoms with Crippen LogP contribution in [0.1, 0.15) is 11.3 Å². The topological polar surface area (TPSA) is 108 Å². The van der Waals surface area contributed by atoms with E-state index in [4.69, 9.17) is 0 Å². The lowest BCUT2D eigenvalue weighted by molar-refractivity contribution is 0.389. The van der Waals surface area contributed by atoms with Crippen LogP contribution in [0.15, 0.2) is 33.8 Å². The maximum atomic E-state index is 12.2. The molecule has 0 saturated carbocycles. The Morgan fingerprint density at radius 1 is 1.35 bits per heavy atom. The Morgan fingerprint density at radius 3 is 2.95 bits per heavy atom. The van der Waals surface area contributed by atoms with Crippen molar-refractivity contribution in [3.8, 4) is 0 Å². The first-order chi connectivity index (χ1) is 9.54. The van der Waals surface area contributed by atoms with Crippen molar-refractivity contribution in [2.75, 3.05) is 11.3 Å². The third kappa shape index (κ3) is 2.45. The zero-order valence-corrected chi connectivity index (χ0v) is 11.2. The summed E-state index contributed by atoms with van der Waals surface area (Å²) < 4.78 is 32.6. The van der Waals surface area contributed by atoms with Gasteiger partial charge in [-0.2, -0.15) is 12.7 Å². The lowest BCUT2D eigenvalue weighted by Crippen LogP contribution is -2.40. The lowest BCUT2D eigenvalue weighted by atomic mass is 10.1. The third-order valence-corrected chi connectivity index (χ3v) is 4.53. The van der Waals surface area contributed by atoms with Gasteiger partial charge in [-0.3, -0.25) is 9.52 Å². The minimum Gasteiger partial charge on any atom is -0.363 e. The van der Waals surface area contributed by atoms with E-state index in [0.29, 0.717) is 13.0 Å². The minimum atomic E-state index is -3.69. The minimum absolute atomic E-state index is 0.136. The van der Waals surface area contributed by atoms with Crippen molar-refractivity contribution < 1.29 is 12.9 Å². The third-order valence-electron chi connectivity index (χ3n) is 3.07. The zero-order valence-electron chi connectivity index (χ0n) is 10.4. The van der Waals surface area contributed by atoms with E-state index >= 15 is 0 Å². The number of nitrogens with zero attached hydrogens (tertiary/aromatic N) is 2. The van der Waals surface area contributed by atoms with Gasteiger partial charge in [-0.25, -0.2) is 0 Å². The van der Waals surface area contributed by atoms with Crippen LogP contribution in [0.3, 0.4) is 0 Å². The second-order valence-electron chi connectivity index (χ2n) is 4.40. The van der Waals surface area contributed by atoms with Gasteiger partial charge in [0.25, 0.3) is 0 Å². The van der Waals surface area contributed by atoms with Crippen LogP contribution in [0.5, 0.6) is 0 Å². The number of hydrogen-bond donors (Lipinski definition) is 2. The molecule has 0 spiro atoms. The van der Waals surface area contributed by atoms with E-state index in [1.54, 1.807) is 6.07 Å². The van der Waals surface area contributed by atoms with Gasteiger partial charge in [-0.15, -0.1) is 0 Å². The quantitative estimate of drug-likeness (QED) is 0.833. The fraction of sp³-hybridized carbons (Fsp3) is 0.273. The Hall–Kier alpha value is -2.13. The fourth-order valence-electron chi connectivity index (χ4n) is 2.09. The van der Waals surface area contributed by atoms with Gasteiger partial charge in [0.05, 0.1) is 0 Å². The molecule has 106 valence electrons. The van der Waals surface area contributed by atoms with Crippen molar-refractivity contribution in [1.29, 1.82) is 0 Å². The van der Waals surface area contributed by atoms with Gasteiger partial charge in [-0.05, 0) is 5.56 Å². The second-order valence-corrected chi connectivity index (χ2v) is 6.07. The highest BCUT2D eigenvalue weighted by molar-refractivity contribution is 7.90. The first kappa shape index (κ1) is 12.9. The van der Waals surface area contributed by atoms with Crippen molar-refractivity contribution in [2.45, 2.75) is 13.0 Å². The largest absolute Gasteiger partial charge is 0.363 e. The maximum absolute atomic E-state index is 12.2. The van der Waals surface area contributed by atoms with Gasteiger partial charge < -0.3 is 9.51 Å². The molecule has 0 saturated heterocycles. The molecule has 2 N–H and O–H groups in total. The molecule has 0 radical (unpaired) electrons. The van der Waals surface area contributed by atoms with E-state index in [0.717, 1.165) is 11.3 Å². The normalized spacial score (nSPS) is 15.8. The van der Waals surface area contributed by atoms with E-state index in [-0.39, 0.29) is 17.9 Å². The van der Waals surface area contributed by atoms with E-state index < -0.39 is 10.2 Å². The molecule has 9 heteroatoms. The predicted molar refractivity (Wildman–Crippen MR) is 70.2 cm³/mol. The van der Waals surface area contributed by atoms with Crippen molar-refractivity contribution in [3.05, 3.63) is 46.1 Å². The zero-order chi connectivity index (χ0) is 14.2. The Balaban J connectivity index is 1.82. The monoisotopic (exact) mass is 296 g/mol. The number of aromatic nitrogens is 2. The Morgan fingerprint density at radius 2 is 2.20 bits per heavy atom. The smallest absolute Gasteiger partial charge is 0.303 e. The molecule has 20 heavy (non-hydrogen) atoms. The number of anilines is 1. The molecule has 1 aliphatic rings. The summed E-state index contributed by atoms with van der Waals surface area (Å²) in [6, 6.07) is 4.46. The van der Waals surface area contributed by atoms with Crippen molar-refractivity contribution in [1.82, 2.24) is 14.4 Å². The van der Waals surface area contributed by atoms with Gasteiger partial charge in [0.1, 0.15) is 6.26 Å². The first-order valence-electron chi connectivity index (χ1n) is 5.94. The highest BCUT2D eigenvalue weighted by atomic mass is 32.2. The van der Waals surface area contributed by atoms with Crippen LogP contribution in [0, 0.1) is 0 Å². The van der Waals surface area contributed by atoms with Crippen molar-refractivity contribution >= 4 is 16.0 Å². The first-order valence-corrected chi connectivity index (χ1v) is 7.38. The molecule has 0 atom stereocenters. The summed E-state index contributed by atoms with van der Waals surface area (Å²) in [6.07, 6.45) is 1.75. The SMILES string of the molecule is O=c1ccc2c([nH]1)CCN(S(=O)(=O)Nc1ccon1)C2. The number of nitrogens with one attached hydrogen (secondary N) is 2. The number of hydrogen-bond acceptors (Lipinski definition) is 5. The van der Waals surface area contributed by atoms with Crippen LogP contribution < -0.4 is 10.3 Å². The molecule has 0 aromatic carbocycles. The molecule has 0 unspecified atom stereocenters. The van der Waals surface area contributed by atoms with Gasteiger partial charge in [0.15, 0.2) is 5.82 Å². The van der Waals surface area contributed by atoms with Gasteiger partial charge >= 0.3 is 10.2 Å². The molecule has 0 aliphatic carbocycles. The van der Waals surface area contributed by atoms with E-state index in [9.17, 15) is 13.2 Å². The molecule has 2 aromatic heterocycles.